The number of nitrogens with zero attached hydrogens (tertiary/aromatic N) is 2. The van der Waals surface area contributed by atoms with Crippen LogP contribution in [0.4, 0.5) is 0 Å². The molecule has 0 saturated heterocycles. The van der Waals surface area contributed by atoms with Gasteiger partial charge in [0.25, 0.3) is 0 Å². The van der Waals surface area contributed by atoms with Gasteiger partial charge in [-0.2, -0.15) is 0 Å². The number of amides is 1. The number of hydrogen-bond donors (Lipinski definition) is 2. The molecule has 2 atom stereocenters. The van der Waals surface area contributed by atoms with Crippen LogP contribution in [0.1, 0.15) is 55.7 Å². The lowest BCUT2D eigenvalue weighted by molar-refractivity contribution is -0.124. The maximum atomic E-state index is 13.1. The number of hydrogen-bond acceptors (Lipinski definition) is 3. The highest BCUT2D eigenvalue weighted by Crippen LogP contribution is 2.31. The van der Waals surface area contributed by atoms with Gasteiger partial charge in [0.05, 0.1) is 28.7 Å². The Morgan fingerprint density at radius 3 is 2.88 bits per heavy atom. The van der Waals surface area contributed by atoms with Crippen molar-refractivity contribution in [3.8, 4) is 0 Å². The van der Waals surface area contributed by atoms with Crippen molar-refractivity contribution in [2.24, 2.45) is 5.92 Å². The molecular formula is C21H24N4O. The number of H-pyrrole nitrogens is 1. The average molecular weight is 348 g/mol. The van der Waals surface area contributed by atoms with Crippen molar-refractivity contribution in [2.75, 3.05) is 0 Å². The summed E-state index contributed by atoms with van der Waals surface area (Å²) in [6.45, 7) is 4.20. The first-order valence-corrected chi connectivity index (χ1v) is 9.32. The van der Waals surface area contributed by atoms with E-state index < -0.39 is 0 Å². The van der Waals surface area contributed by atoms with Gasteiger partial charge in [-0.25, -0.2) is 4.98 Å². The Bertz CT molecular complexity index is 897. The average Bonchev–Trinajstić information content (AvgIpc) is 3.08. The summed E-state index contributed by atoms with van der Waals surface area (Å²) in [4.78, 5) is 25.6. The molecule has 1 amide bonds. The number of pyridine rings is 1. The molecule has 0 unspecified atom stereocenters. The molecule has 1 aromatic carbocycles. The minimum Gasteiger partial charge on any atom is -0.345 e. The topological polar surface area (TPSA) is 70.7 Å². The summed E-state index contributed by atoms with van der Waals surface area (Å²) in [5, 5.41) is 3.23. The van der Waals surface area contributed by atoms with Crippen LogP contribution in [-0.2, 0) is 11.2 Å². The van der Waals surface area contributed by atoms with Crippen molar-refractivity contribution in [3.63, 3.8) is 0 Å². The molecule has 3 aromatic rings. The Balaban J connectivity index is 1.60. The minimum atomic E-state index is -0.175. The number of fused-ring (bicyclic) bond motifs is 2. The Hall–Kier alpha value is -2.69. The van der Waals surface area contributed by atoms with Crippen LogP contribution in [-0.4, -0.2) is 20.9 Å². The van der Waals surface area contributed by atoms with E-state index in [1.165, 1.54) is 5.56 Å². The van der Waals surface area contributed by atoms with E-state index in [0.29, 0.717) is 0 Å². The Morgan fingerprint density at radius 1 is 1.23 bits per heavy atom. The molecule has 26 heavy (non-hydrogen) atoms. The highest BCUT2D eigenvalue weighted by Gasteiger charge is 2.31. The number of aryl methyl sites for hydroxylation is 1. The standard InChI is InChI=1S/C21H24N4O/c1-13(2)18(20-23-16-10-3-4-11-17(16)24-20)25-21(26)15-9-5-7-14-8-6-12-22-19(14)15/h3-4,6,8,10-13,15,18H,5,7,9H2,1-2H3,(H,23,24)(H,25,26)/t15-,18+/m1/s1. The van der Waals surface area contributed by atoms with E-state index >= 15 is 0 Å². The van der Waals surface area contributed by atoms with Gasteiger partial charge in [-0.05, 0) is 48.9 Å². The first-order chi connectivity index (χ1) is 12.6. The molecule has 2 aromatic heterocycles. The zero-order valence-electron chi connectivity index (χ0n) is 15.2. The van der Waals surface area contributed by atoms with Gasteiger partial charge in [0.15, 0.2) is 0 Å². The smallest absolute Gasteiger partial charge is 0.229 e. The molecule has 2 heterocycles. The molecule has 1 aliphatic carbocycles. The molecule has 0 spiro atoms. The zero-order valence-corrected chi connectivity index (χ0v) is 15.2. The van der Waals surface area contributed by atoms with E-state index in [-0.39, 0.29) is 23.8 Å². The lowest BCUT2D eigenvalue weighted by Crippen LogP contribution is -2.37. The first kappa shape index (κ1) is 16.8. The second-order valence-electron chi connectivity index (χ2n) is 7.36. The minimum absolute atomic E-state index is 0.0452. The van der Waals surface area contributed by atoms with Crippen molar-refractivity contribution >= 4 is 16.9 Å². The summed E-state index contributed by atoms with van der Waals surface area (Å²) < 4.78 is 0. The van der Waals surface area contributed by atoms with Gasteiger partial charge in [0.2, 0.25) is 5.91 Å². The summed E-state index contributed by atoms with van der Waals surface area (Å²) in [5.74, 6) is 0.910. The number of rotatable bonds is 4. The fraction of sp³-hybridized carbons (Fsp3) is 0.381. The molecular weight excluding hydrogens is 324 g/mol. The summed E-state index contributed by atoms with van der Waals surface area (Å²) in [5.41, 5.74) is 4.05. The number of para-hydroxylation sites is 2. The van der Waals surface area contributed by atoms with E-state index in [4.69, 9.17) is 4.98 Å². The maximum absolute atomic E-state index is 13.1. The van der Waals surface area contributed by atoms with E-state index in [1.807, 2.05) is 30.3 Å². The van der Waals surface area contributed by atoms with Crippen LogP contribution >= 0.6 is 0 Å². The molecule has 0 radical (unpaired) electrons. The number of aromatic amines is 1. The second kappa shape index (κ2) is 6.90. The van der Waals surface area contributed by atoms with E-state index in [2.05, 4.69) is 35.2 Å². The van der Waals surface area contributed by atoms with Crippen LogP contribution in [0.5, 0.6) is 0 Å². The van der Waals surface area contributed by atoms with Crippen LogP contribution < -0.4 is 5.32 Å². The molecule has 5 nitrogen and oxygen atoms in total. The van der Waals surface area contributed by atoms with Crippen molar-refractivity contribution in [1.29, 1.82) is 0 Å². The van der Waals surface area contributed by atoms with Crippen LogP contribution in [0.15, 0.2) is 42.6 Å². The van der Waals surface area contributed by atoms with Gasteiger partial charge in [-0.1, -0.05) is 32.0 Å². The van der Waals surface area contributed by atoms with E-state index in [9.17, 15) is 4.79 Å². The van der Waals surface area contributed by atoms with Crippen LogP contribution in [0.25, 0.3) is 11.0 Å². The van der Waals surface area contributed by atoms with Gasteiger partial charge in [-0.15, -0.1) is 0 Å². The fourth-order valence-corrected chi connectivity index (χ4v) is 3.79. The summed E-state index contributed by atoms with van der Waals surface area (Å²) in [6.07, 6.45) is 4.66. The molecule has 134 valence electrons. The van der Waals surface area contributed by atoms with E-state index in [0.717, 1.165) is 41.8 Å². The Morgan fingerprint density at radius 2 is 2.08 bits per heavy atom. The number of benzene rings is 1. The monoisotopic (exact) mass is 348 g/mol. The third-order valence-electron chi connectivity index (χ3n) is 5.18. The van der Waals surface area contributed by atoms with Gasteiger partial charge in [0.1, 0.15) is 5.82 Å². The molecule has 1 aliphatic rings. The number of carbonyl (C=O) groups is 1. The van der Waals surface area contributed by atoms with Gasteiger partial charge < -0.3 is 10.3 Å². The molecule has 0 bridgehead atoms. The number of nitrogens with one attached hydrogen (secondary N) is 2. The van der Waals surface area contributed by atoms with Crippen molar-refractivity contribution < 1.29 is 4.79 Å². The third kappa shape index (κ3) is 3.09. The van der Waals surface area contributed by atoms with Crippen molar-refractivity contribution in [1.82, 2.24) is 20.3 Å². The number of carbonyl (C=O) groups excluding carboxylic acids is 1. The Labute approximate surface area is 153 Å². The first-order valence-electron chi connectivity index (χ1n) is 9.32. The van der Waals surface area contributed by atoms with Gasteiger partial charge >= 0.3 is 0 Å². The lowest BCUT2D eigenvalue weighted by Gasteiger charge is -2.27. The maximum Gasteiger partial charge on any atom is 0.229 e. The van der Waals surface area contributed by atoms with Crippen molar-refractivity contribution in [3.05, 3.63) is 59.7 Å². The lowest BCUT2D eigenvalue weighted by atomic mass is 9.85. The second-order valence-corrected chi connectivity index (χ2v) is 7.36. The fourth-order valence-electron chi connectivity index (χ4n) is 3.79. The summed E-state index contributed by atoms with van der Waals surface area (Å²) in [7, 11) is 0. The normalized spacial score (nSPS) is 17.9. The predicted octanol–water partition coefficient (Wildman–Crippen LogP) is 3.89. The zero-order chi connectivity index (χ0) is 18.1. The third-order valence-corrected chi connectivity index (χ3v) is 5.18. The molecule has 0 aliphatic heterocycles. The van der Waals surface area contributed by atoms with E-state index in [1.54, 1.807) is 6.20 Å². The summed E-state index contributed by atoms with van der Waals surface area (Å²) in [6, 6.07) is 11.8. The van der Waals surface area contributed by atoms with Gasteiger partial charge in [0, 0.05) is 6.20 Å². The van der Waals surface area contributed by atoms with Crippen molar-refractivity contribution in [2.45, 2.75) is 45.1 Å². The molecule has 5 heteroatoms. The molecule has 0 saturated carbocycles. The highest BCUT2D eigenvalue weighted by atomic mass is 16.2. The molecule has 2 N–H and O–H groups in total. The van der Waals surface area contributed by atoms with Crippen LogP contribution in [0.3, 0.4) is 0 Å². The van der Waals surface area contributed by atoms with Crippen LogP contribution in [0.2, 0.25) is 0 Å². The highest BCUT2D eigenvalue weighted by molar-refractivity contribution is 5.84. The quantitative estimate of drug-likeness (QED) is 0.751. The Kier molecular flexibility index (Phi) is 4.45. The predicted molar refractivity (Wildman–Crippen MR) is 102 cm³/mol. The largest absolute Gasteiger partial charge is 0.345 e. The summed E-state index contributed by atoms with van der Waals surface area (Å²) >= 11 is 0. The SMILES string of the molecule is CC(C)[C@H](NC(=O)[C@@H]1CCCc2cccnc21)c1nc2ccccc2[nH]1. The number of imidazole rings is 1. The molecule has 0 fully saturated rings. The number of aromatic nitrogens is 3. The molecule has 4 rings (SSSR count). The van der Waals surface area contributed by atoms with Gasteiger partial charge in [-0.3, -0.25) is 9.78 Å². The van der Waals surface area contributed by atoms with Crippen LogP contribution in [0, 0.1) is 5.92 Å².